The highest BCUT2D eigenvalue weighted by Crippen LogP contribution is 2.23. The fraction of sp³-hybridized carbons (Fsp3) is 0.545. The second kappa shape index (κ2) is 4.99. The molecule has 0 spiro atoms. The molecule has 0 saturated carbocycles. The van der Waals surface area contributed by atoms with E-state index in [4.69, 9.17) is 5.14 Å². The standard InChI is InChI=1S/C11H18N2O3S2/c1-5-11(2,3)13(4)10(14)8-6-9(17-7-8)18(12,15)16/h6-7H,5H2,1-4H3,(H2,12,15,16). The maximum atomic E-state index is 12.2. The first-order valence-electron chi connectivity index (χ1n) is 5.49. The van der Waals surface area contributed by atoms with E-state index in [1.165, 1.54) is 11.4 Å². The van der Waals surface area contributed by atoms with E-state index in [2.05, 4.69) is 0 Å². The van der Waals surface area contributed by atoms with E-state index < -0.39 is 10.0 Å². The van der Waals surface area contributed by atoms with Crippen molar-refractivity contribution in [1.29, 1.82) is 0 Å². The van der Waals surface area contributed by atoms with Gasteiger partial charge in [0, 0.05) is 18.0 Å². The van der Waals surface area contributed by atoms with Crippen LogP contribution in [0, 0.1) is 0 Å². The zero-order valence-electron chi connectivity index (χ0n) is 10.9. The SMILES string of the molecule is CCC(C)(C)N(C)C(=O)c1csc(S(N)(=O)=O)c1. The lowest BCUT2D eigenvalue weighted by Crippen LogP contribution is -2.44. The van der Waals surface area contributed by atoms with Gasteiger partial charge in [-0.1, -0.05) is 6.92 Å². The minimum atomic E-state index is -3.73. The van der Waals surface area contributed by atoms with E-state index in [-0.39, 0.29) is 15.7 Å². The molecule has 7 heteroatoms. The summed E-state index contributed by atoms with van der Waals surface area (Å²) < 4.78 is 22.3. The van der Waals surface area contributed by atoms with Crippen LogP contribution in [-0.4, -0.2) is 31.8 Å². The molecule has 18 heavy (non-hydrogen) atoms. The van der Waals surface area contributed by atoms with Crippen LogP contribution in [0.2, 0.25) is 0 Å². The van der Waals surface area contributed by atoms with Crippen LogP contribution in [0.15, 0.2) is 15.7 Å². The summed E-state index contributed by atoms with van der Waals surface area (Å²) in [6.45, 7) is 5.91. The van der Waals surface area contributed by atoms with Gasteiger partial charge in [0.25, 0.3) is 5.91 Å². The number of sulfonamides is 1. The predicted octanol–water partition coefficient (Wildman–Crippen LogP) is 1.66. The third-order valence-electron chi connectivity index (χ3n) is 3.18. The smallest absolute Gasteiger partial charge is 0.254 e. The Balaban J connectivity index is 3.03. The Morgan fingerprint density at radius 2 is 2.06 bits per heavy atom. The first-order valence-corrected chi connectivity index (χ1v) is 7.91. The van der Waals surface area contributed by atoms with Crippen LogP contribution < -0.4 is 5.14 Å². The van der Waals surface area contributed by atoms with E-state index in [0.29, 0.717) is 5.56 Å². The molecule has 0 radical (unpaired) electrons. The number of thiophene rings is 1. The molecule has 5 nitrogen and oxygen atoms in total. The van der Waals surface area contributed by atoms with Gasteiger partial charge in [-0.2, -0.15) is 0 Å². The highest BCUT2D eigenvalue weighted by Gasteiger charge is 2.27. The maximum absolute atomic E-state index is 12.2. The minimum Gasteiger partial charge on any atom is -0.337 e. The third-order valence-corrected chi connectivity index (χ3v) is 5.57. The quantitative estimate of drug-likeness (QED) is 0.915. The molecule has 0 aliphatic carbocycles. The number of primary sulfonamides is 1. The third kappa shape index (κ3) is 3.09. The monoisotopic (exact) mass is 290 g/mol. The van der Waals surface area contributed by atoms with E-state index in [0.717, 1.165) is 17.8 Å². The van der Waals surface area contributed by atoms with E-state index in [1.807, 2.05) is 20.8 Å². The van der Waals surface area contributed by atoms with Gasteiger partial charge in [-0.15, -0.1) is 11.3 Å². The number of nitrogens with two attached hydrogens (primary N) is 1. The van der Waals surface area contributed by atoms with Crippen LogP contribution in [0.4, 0.5) is 0 Å². The summed E-state index contributed by atoms with van der Waals surface area (Å²) in [6, 6.07) is 1.32. The zero-order chi connectivity index (χ0) is 14.1. The van der Waals surface area contributed by atoms with Crippen molar-refractivity contribution in [3.05, 3.63) is 17.0 Å². The molecular weight excluding hydrogens is 272 g/mol. The van der Waals surface area contributed by atoms with Gasteiger partial charge in [-0.05, 0) is 26.3 Å². The van der Waals surface area contributed by atoms with Gasteiger partial charge in [-0.3, -0.25) is 4.79 Å². The van der Waals surface area contributed by atoms with E-state index >= 15 is 0 Å². The molecule has 2 N–H and O–H groups in total. The van der Waals surface area contributed by atoms with Gasteiger partial charge in [0.15, 0.2) is 0 Å². The largest absolute Gasteiger partial charge is 0.337 e. The fourth-order valence-electron chi connectivity index (χ4n) is 1.28. The van der Waals surface area contributed by atoms with Gasteiger partial charge in [0.2, 0.25) is 10.0 Å². The molecule has 1 amide bonds. The molecular formula is C11H18N2O3S2. The molecule has 0 unspecified atom stereocenters. The number of amides is 1. The summed E-state index contributed by atoms with van der Waals surface area (Å²) in [4.78, 5) is 13.8. The number of rotatable bonds is 4. The van der Waals surface area contributed by atoms with Gasteiger partial charge < -0.3 is 4.90 Å². The average Bonchev–Trinajstić information content (AvgIpc) is 2.75. The molecule has 1 rings (SSSR count). The summed E-state index contributed by atoms with van der Waals surface area (Å²) in [7, 11) is -2.03. The Hall–Kier alpha value is -0.920. The molecule has 0 aliphatic rings. The number of hydrogen-bond acceptors (Lipinski definition) is 4. The molecule has 0 aromatic carbocycles. The summed E-state index contributed by atoms with van der Waals surface area (Å²) in [6.07, 6.45) is 0.807. The van der Waals surface area contributed by atoms with Crippen LogP contribution in [0.5, 0.6) is 0 Å². The minimum absolute atomic E-state index is 0.00792. The van der Waals surface area contributed by atoms with Crippen molar-refractivity contribution in [2.24, 2.45) is 5.14 Å². The summed E-state index contributed by atoms with van der Waals surface area (Å²) >= 11 is 0.960. The lowest BCUT2D eigenvalue weighted by molar-refractivity contribution is 0.0620. The van der Waals surface area contributed by atoms with Crippen LogP contribution in [0.1, 0.15) is 37.6 Å². The van der Waals surface area contributed by atoms with E-state index in [9.17, 15) is 13.2 Å². The normalized spacial score (nSPS) is 12.5. The van der Waals surface area contributed by atoms with Crippen molar-refractivity contribution in [3.63, 3.8) is 0 Å². The van der Waals surface area contributed by atoms with Gasteiger partial charge in [0.05, 0.1) is 5.56 Å². The number of hydrogen-bond donors (Lipinski definition) is 1. The Morgan fingerprint density at radius 3 is 2.44 bits per heavy atom. The van der Waals surface area contributed by atoms with Crippen LogP contribution in [0.3, 0.4) is 0 Å². The summed E-state index contributed by atoms with van der Waals surface area (Å²) in [5.41, 5.74) is 0.0777. The molecule has 0 bridgehead atoms. The predicted molar refractivity (Wildman–Crippen MR) is 72.2 cm³/mol. The first-order chi connectivity index (χ1) is 8.09. The van der Waals surface area contributed by atoms with Gasteiger partial charge >= 0.3 is 0 Å². The molecule has 1 heterocycles. The van der Waals surface area contributed by atoms with Crippen molar-refractivity contribution in [2.45, 2.75) is 36.9 Å². The van der Waals surface area contributed by atoms with Crippen molar-refractivity contribution in [2.75, 3.05) is 7.05 Å². The fourth-order valence-corrected chi connectivity index (χ4v) is 2.86. The molecule has 0 saturated heterocycles. The second-order valence-corrected chi connectivity index (χ2v) is 7.43. The van der Waals surface area contributed by atoms with Crippen molar-refractivity contribution >= 4 is 27.3 Å². The van der Waals surface area contributed by atoms with Crippen LogP contribution in [0.25, 0.3) is 0 Å². The topological polar surface area (TPSA) is 80.5 Å². The summed E-state index contributed by atoms with van der Waals surface area (Å²) in [5.74, 6) is -0.201. The number of carbonyl (C=O) groups is 1. The summed E-state index contributed by atoms with van der Waals surface area (Å²) in [5, 5.41) is 6.53. The molecule has 0 fully saturated rings. The lowest BCUT2D eigenvalue weighted by atomic mass is 9.99. The second-order valence-electron chi connectivity index (χ2n) is 4.73. The van der Waals surface area contributed by atoms with Crippen molar-refractivity contribution in [3.8, 4) is 0 Å². The Bertz CT molecular complexity index is 546. The first kappa shape index (κ1) is 15.1. The lowest BCUT2D eigenvalue weighted by Gasteiger charge is -2.34. The molecule has 102 valence electrons. The van der Waals surface area contributed by atoms with Gasteiger partial charge in [-0.25, -0.2) is 13.6 Å². The Morgan fingerprint density at radius 1 is 1.50 bits per heavy atom. The average molecular weight is 290 g/mol. The zero-order valence-corrected chi connectivity index (χ0v) is 12.6. The molecule has 1 aromatic heterocycles. The van der Waals surface area contributed by atoms with Gasteiger partial charge in [0.1, 0.15) is 4.21 Å². The molecule has 0 aliphatic heterocycles. The number of nitrogens with zero attached hydrogens (tertiary/aromatic N) is 1. The van der Waals surface area contributed by atoms with Crippen molar-refractivity contribution in [1.82, 2.24) is 4.90 Å². The Kier molecular flexibility index (Phi) is 4.19. The highest BCUT2D eigenvalue weighted by atomic mass is 32.2. The van der Waals surface area contributed by atoms with E-state index in [1.54, 1.807) is 11.9 Å². The highest BCUT2D eigenvalue weighted by molar-refractivity contribution is 7.91. The van der Waals surface area contributed by atoms with Crippen LogP contribution >= 0.6 is 11.3 Å². The molecule has 0 atom stereocenters. The van der Waals surface area contributed by atoms with Crippen LogP contribution in [-0.2, 0) is 10.0 Å². The maximum Gasteiger partial charge on any atom is 0.254 e. The Labute approximate surface area is 112 Å². The number of carbonyl (C=O) groups excluding carboxylic acids is 1. The van der Waals surface area contributed by atoms with Crippen molar-refractivity contribution < 1.29 is 13.2 Å². The molecule has 1 aromatic rings.